The lowest BCUT2D eigenvalue weighted by Crippen LogP contribution is -2.38. The molecular weight excluding hydrogens is 188 g/mol. The van der Waals surface area contributed by atoms with Gasteiger partial charge in [0, 0.05) is 19.2 Å². The van der Waals surface area contributed by atoms with Crippen molar-refractivity contribution in [2.45, 2.75) is 25.8 Å². The standard InChI is InChI=1S/C11H16N4/c1-8-2-4-12-7-11(8)15-10-3-5-13-9(10)6-14-15/h5-6,8,11-12H,2-4,7H2,1H3/t8-,11+/m1/s1. The molecule has 4 nitrogen and oxygen atoms in total. The van der Waals surface area contributed by atoms with Gasteiger partial charge in [0.05, 0.1) is 17.9 Å². The van der Waals surface area contributed by atoms with Gasteiger partial charge in [-0.1, -0.05) is 6.92 Å². The number of nitrogens with one attached hydrogen (secondary N) is 1. The number of aliphatic imine (C=N–C) groups is 1. The van der Waals surface area contributed by atoms with Gasteiger partial charge in [0.15, 0.2) is 0 Å². The Morgan fingerprint density at radius 1 is 1.53 bits per heavy atom. The molecular formula is C11H16N4. The summed E-state index contributed by atoms with van der Waals surface area (Å²) in [5.41, 5.74) is 2.35. The van der Waals surface area contributed by atoms with Gasteiger partial charge < -0.3 is 5.32 Å². The Morgan fingerprint density at radius 2 is 2.47 bits per heavy atom. The third-order valence-electron chi connectivity index (χ3n) is 3.49. The van der Waals surface area contributed by atoms with E-state index in [1.54, 1.807) is 0 Å². The lowest BCUT2D eigenvalue weighted by molar-refractivity contribution is 0.253. The summed E-state index contributed by atoms with van der Waals surface area (Å²) in [5.74, 6) is 0.704. The summed E-state index contributed by atoms with van der Waals surface area (Å²) in [6, 6.07) is 0.504. The van der Waals surface area contributed by atoms with E-state index in [0.717, 1.165) is 25.2 Å². The summed E-state index contributed by atoms with van der Waals surface area (Å²) in [4.78, 5) is 4.31. The van der Waals surface area contributed by atoms with Gasteiger partial charge >= 0.3 is 0 Å². The van der Waals surface area contributed by atoms with Crippen molar-refractivity contribution in [2.24, 2.45) is 10.9 Å². The average molecular weight is 204 g/mol. The molecule has 80 valence electrons. The fourth-order valence-corrected chi connectivity index (χ4v) is 2.50. The zero-order valence-electron chi connectivity index (χ0n) is 8.98. The Labute approximate surface area is 89.4 Å². The van der Waals surface area contributed by atoms with Crippen LogP contribution in [0.1, 0.15) is 25.1 Å². The Bertz CT molecular complexity index is 393. The van der Waals surface area contributed by atoms with Crippen LogP contribution in [-0.4, -0.2) is 29.1 Å². The van der Waals surface area contributed by atoms with Crippen LogP contribution in [-0.2, 0) is 6.42 Å². The summed E-state index contributed by atoms with van der Waals surface area (Å²) < 4.78 is 2.18. The largest absolute Gasteiger partial charge is 0.315 e. The van der Waals surface area contributed by atoms with Crippen molar-refractivity contribution in [2.75, 3.05) is 13.1 Å². The fourth-order valence-electron chi connectivity index (χ4n) is 2.50. The highest BCUT2D eigenvalue weighted by atomic mass is 15.3. The second-order valence-corrected chi connectivity index (χ2v) is 4.47. The first-order valence-electron chi connectivity index (χ1n) is 5.66. The van der Waals surface area contributed by atoms with Crippen LogP contribution >= 0.6 is 0 Å². The first-order chi connectivity index (χ1) is 7.36. The lowest BCUT2D eigenvalue weighted by atomic mass is 9.95. The quantitative estimate of drug-likeness (QED) is 0.749. The van der Waals surface area contributed by atoms with Crippen molar-refractivity contribution in [3.8, 4) is 0 Å². The number of hydrogen-bond acceptors (Lipinski definition) is 3. The van der Waals surface area contributed by atoms with Crippen molar-refractivity contribution < 1.29 is 0 Å². The normalized spacial score (nSPS) is 29.4. The third-order valence-corrected chi connectivity index (χ3v) is 3.49. The summed E-state index contributed by atoms with van der Waals surface area (Å²) in [6.45, 7) is 4.49. The number of fused-ring (bicyclic) bond motifs is 1. The monoisotopic (exact) mass is 204 g/mol. The molecule has 15 heavy (non-hydrogen) atoms. The van der Waals surface area contributed by atoms with Gasteiger partial charge in [0.1, 0.15) is 5.69 Å². The van der Waals surface area contributed by atoms with Gasteiger partial charge in [-0.2, -0.15) is 5.10 Å². The number of piperidine rings is 1. The second kappa shape index (κ2) is 3.45. The smallest absolute Gasteiger partial charge is 0.104 e. The molecule has 1 aromatic rings. The molecule has 2 atom stereocenters. The molecule has 0 bridgehead atoms. The van der Waals surface area contributed by atoms with Crippen LogP contribution < -0.4 is 5.32 Å². The van der Waals surface area contributed by atoms with Gasteiger partial charge in [-0.05, 0) is 18.9 Å². The molecule has 0 aromatic carbocycles. The fraction of sp³-hybridized carbons (Fsp3) is 0.636. The molecule has 3 rings (SSSR count). The van der Waals surface area contributed by atoms with Crippen LogP contribution in [0.15, 0.2) is 11.2 Å². The topological polar surface area (TPSA) is 42.2 Å². The maximum absolute atomic E-state index is 4.47. The highest BCUT2D eigenvalue weighted by Gasteiger charge is 2.26. The number of rotatable bonds is 1. The van der Waals surface area contributed by atoms with Crippen LogP contribution in [0.25, 0.3) is 0 Å². The summed E-state index contributed by atoms with van der Waals surface area (Å²) in [5, 5.41) is 7.92. The minimum Gasteiger partial charge on any atom is -0.315 e. The van der Waals surface area contributed by atoms with E-state index in [1.807, 2.05) is 12.4 Å². The molecule has 2 aliphatic heterocycles. The van der Waals surface area contributed by atoms with Gasteiger partial charge in [-0.15, -0.1) is 0 Å². The molecule has 0 radical (unpaired) electrons. The molecule has 1 fully saturated rings. The van der Waals surface area contributed by atoms with Crippen LogP contribution in [0.3, 0.4) is 0 Å². The Balaban J connectivity index is 1.92. The molecule has 0 unspecified atom stereocenters. The van der Waals surface area contributed by atoms with E-state index in [-0.39, 0.29) is 0 Å². The summed E-state index contributed by atoms with van der Waals surface area (Å²) >= 11 is 0. The molecule has 1 N–H and O–H groups in total. The van der Waals surface area contributed by atoms with Crippen molar-refractivity contribution in [3.63, 3.8) is 0 Å². The lowest BCUT2D eigenvalue weighted by Gasteiger charge is -2.30. The Morgan fingerprint density at radius 3 is 3.33 bits per heavy atom. The van der Waals surface area contributed by atoms with Crippen molar-refractivity contribution >= 4 is 11.9 Å². The molecule has 0 saturated carbocycles. The van der Waals surface area contributed by atoms with E-state index in [1.165, 1.54) is 12.1 Å². The van der Waals surface area contributed by atoms with Crippen molar-refractivity contribution in [1.29, 1.82) is 0 Å². The molecule has 1 aromatic heterocycles. The molecule has 1 saturated heterocycles. The predicted molar refractivity (Wildman–Crippen MR) is 59.8 cm³/mol. The maximum atomic E-state index is 4.47. The van der Waals surface area contributed by atoms with Crippen LogP contribution in [0.5, 0.6) is 0 Å². The zero-order chi connectivity index (χ0) is 10.3. The zero-order valence-corrected chi connectivity index (χ0v) is 8.98. The Hall–Kier alpha value is -1.16. The highest BCUT2D eigenvalue weighted by molar-refractivity contribution is 5.74. The molecule has 0 spiro atoms. The summed E-state index contributed by atoms with van der Waals surface area (Å²) in [7, 11) is 0. The number of hydrogen-bond donors (Lipinski definition) is 1. The number of nitrogens with zero attached hydrogens (tertiary/aromatic N) is 3. The van der Waals surface area contributed by atoms with Crippen molar-refractivity contribution in [3.05, 3.63) is 11.9 Å². The van der Waals surface area contributed by atoms with E-state index in [9.17, 15) is 0 Å². The van der Waals surface area contributed by atoms with E-state index in [2.05, 4.69) is 27.0 Å². The van der Waals surface area contributed by atoms with E-state index in [4.69, 9.17) is 0 Å². The van der Waals surface area contributed by atoms with E-state index < -0.39 is 0 Å². The SMILES string of the molecule is C[C@@H]1CCNC[C@@H]1n1ncc2c1CC=N2. The van der Waals surface area contributed by atoms with E-state index >= 15 is 0 Å². The minimum atomic E-state index is 0.504. The molecule has 2 aliphatic rings. The van der Waals surface area contributed by atoms with Crippen LogP contribution in [0, 0.1) is 5.92 Å². The predicted octanol–water partition coefficient (Wildman–Crippen LogP) is 1.31. The van der Waals surface area contributed by atoms with Gasteiger partial charge in [-0.3, -0.25) is 9.67 Å². The van der Waals surface area contributed by atoms with Crippen LogP contribution in [0.4, 0.5) is 5.69 Å². The van der Waals surface area contributed by atoms with Gasteiger partial charge in [-0.25, -0.2) is 0 Å². The third kappa shape index (κ3) is 1.40. The molecule has 4 heteroatoms. The minimum absolute atomic E-state index is 0.504. The first kappa shape index (κ1) is 9.09. The molecule has 0 amide bonds. The second-order valence-electron chi connectivity index (χ2n) is 4.47. The average Bonchev–Trinajstić information content (AvgIpc) is 2.80. The highest BCUT2D eigenvalue weighted by Crippen LogP contribution is 2.30. The summed E-state index contributed by atoms with van der Waals surface area (Å²) in [6.07, 6.45) is 6.04. The first-order valence-corrected chi connectivity index (χ1v) is 5.66. The Kier molecular flexibility index (Phi) is 2.09. The van der Waals surface area contributed by atoms with Gasteiger partial charge in [0.25, 0.3) is 0 Å². The molecule has 3 heterocycles. The van der Waals surface area contributed by atoms with Crippen LogP contribution in [0.2, 0.25) is 0 Å². The number of aromatic nitrogens is 2. The van der Waals surface area contributed by atoms with Gasteiger partial charge in [0.2, 0.25) is 0 Å². The maximum Gasteiger partial charge on any atom is 0.104 e. The van der Waals surface area contributed by atoms with Crippen molar-refractivity contribution in [1.82, 2.24) is 15.1 Å². The van der Waals surface area contributed by atoms with E-state index in [0.29, 0.717) is 12.0 Å². The molecule has 0 aliphatic carbocycles.